The van der Waals surface area contributed by atoms with E-state index in [1.165, 1.54) is 4.90 Å². The summed E-state index contributed by atoms with van der Waals surface area (Å²) < 4.78 is 5.64. The number of aliphatic hydroxyl groups is 1. The molecule has 1 saturated heterocycles. The molecule has 3 aromatic carbocycles. The highest BCUT2D eigenvalue weighted by Crippen LogP contribution is 2.43. The second-order valence-electron chi connectivity index (χ2n) is 9.69. The summed E-state index contributed by atoms with van der Waals surface area (Å²) in [6.07, 6.45) is 0. The Balaban J connectivity index is 1.91. The monoisotopic (exact) mass is 512 g/mol. The van der Waals surface area contributed by atoms with Crippen molar-refractivity contribution in [1.29, 1.82) is 0 Å². The first-order chi connectivity index (χ1) is 18.2. The van der Waals surface area contributed by atoms with Crippen LogP contribution in [0.25, 0.3) is 5.76 Å². The minimum absolute atomic E-state index is 0.0771. The first-order valence-electron chi connectivity index (χ1n) is 13.2. The van der Waals surface area contributed by atoms with Crippen LogP contribution in [0, 0.1) is 20.8 Å². The molecular formula is C32H36N2O4. The van der Waals surface area contributed by atoms with Crippen molar-refractivity contribution in [2.45, 2.75) is 47.6 Å². The predicted molar refractivity (Wildman–Crippen MR) is 153 cm³/mol. The molecule has 6 nitrogen and oxygen atoms in total. The molecule has 0 radical (unpaired) electrons. The molecule has 1 unspecified atom stereocenters. The maximum atomic E-state index is 13.5. The SMILES string of the molecule is CCOc1ccc(/C(O)=C2/C(=O)C(=O)N(c3cc(C)cc(C)c3)C2c2ccc(N(CC)CC)cc2)cc1C. The molecule has 1 atom stereocenters. The fourth-order valence-electron chi connectivity index (χ4n) is 5.23. The zero-order valence-electron chi connectivity index (χ0n) is 23.0. The Hall–Kier alpha value is -4.06. The van der Waals surface area contributed by atoms with Gasteiger partial charge in [0.2, 0.25) is 0 Å². The predicted octanol–water partition coefficient (Wildman–Crippen LogP) is 6.48. The third kappa shape index (κ3) is 5.03. The molecule has 0 spiro atoms. The zero-order chi connectivity index (χ0) is 27.6. The van der Waals surface area contributed by atoms with E-state index in [0.717, 1.165) is 41.0 Å². The summed E-state index contributed by atoms with van der Waals surface area (Å²) in [4.78, 5) is 30.8. The number of carbonyl (C=O) groups excluding carboxylic acids is 2. The van der Waals surface area contributed by atoms with Crippen molar-refractivity contribution in [3.63, 3.8) is 0 Å². The zero-order valence-corrected chi connectivity index (χ0v) is 23.0. The van der Waals surface area contributed by atoms with Gasteiger partial charge in [-0.1, -0.05) is 18.2 Å². The van der Waals surface area contributed by atoms with Gasteiger partial charge in [-0.15, -0.1) is 0 Å². The minimum Gasteiger partial charge on any atom is -0.507 e. The molecule has 6 heteroatoms. The highest BCUT2D eigenvalue weighted by molar-refractivity contribution is 6.51. The second kappa shape index (κ2) is 11.1. The average molecular weight is 513 g/mol. The number of amides is 1. The summed E-state index contributed by atoms with van der Waals surface area (Å²) >= 11 is 0. The lowest BCUT2D eigenvalue weighted by atomic mass is 9.94. The molecule has 1 aliphatic heterocycles. The van der Waals surface area contributed by atoms with Crippen molar-refractivity contribution < 1.29 is 19.4 Å². The standard InChI is InChI=1S/C32H36N2O4/c1-7-33(8-2)25-13-10-23(11-14-25)29-28(30(35)24-12-15-27(38-9-3)22(6)19-24)31(36)32(37)34(29)26-17-20(4)16-21(5)18-26/h10-19,29,35H,7-9H2,1-6H3/b30-28-. The molecule has 1 heterocycles. The van der Waals surface area contributed by atoms with Crippen LogP contribution in [-0.2, 0) is 9.59 Å². The van der Waals surface area contributed by atoms with Crippen LogP contribution in [0.2, 0.25) is 0 Å². The number of aryl methyl sites for hydroxylation is 3. The van der Waals surface area contributed by atoms with E-state index < -0.39 is 17.7 Å². The quantitative estimate of drug-likeness (QED) is 0.212. The van der Waals surface area contributed by atoms with Crippen molar-refractivity contribution >= 4 is 28.8 Å². The van der Waals surface area contributed by atoms with Crippen molar-refractivity contribution in [2.24, 2.45) is 0 Å². The van der Waals surface area contributed by atoms with Gasteiger partial charge in [0, 0.05) is 30.0 Å². The third-order valence-corrected chi connectivity index (χ3v) is 7.01. The number of hydrogen-bond donors (Lipinski definition) is 1. The van der Waals surface area contributed by atoms with Crippen LogP contribution < -0.4 is 14.5 Å². The summed E-state index contributed by atoms with van der Waals surface area (Å²) in [5, 5.41) is 11.5. The van der Waals surface area contributed by atoms with Gasteiger partial charge < -0.3 is 14.7 Å². The summed E-state index contributed by atoms with van der Waals surface area (Å²) in [7, 11) is 0. The number of Topliss-reactive ketones (excluding diaryl/α,β-unsaturated/α-hetero) is 1. The Morgan fingerprint density at radius 1 is 0.895 bits per heavy atom. The number of anilines is 2. The molecule has 1 fully saturated rings. The normalized spacial score (nSPS) is 16.7. The molecule has 0 aliphatic carbocycles. The van der Waals surface area contributed by atoms with Crippen molar-refractivity contribution in [1.82, 2.24) is 0 Å². The van der Waals surface area contributed by atoms with E-state index in [4.69, 9.17) is 4.74 Å². The van der Waals surface area contributed by atoms with Crippen LogP contribution in [0.3, 0.4) is 0 Å². The number of benzene rings is 3. The van der Waals surface area contributed by atoms with Crippen LogP contribution in [-0.4, -0.2) is 36.5 Å². The number of hydrogen-bond acceptors (Lipinski definition) is 5. The van der Waals surface area contributed by atoms with E-state index in [9.17, 15) is 14.7 Å². The summed E-state index contributed by atoms with van der Waals surface area (Å²) in [5.74, 6) is -0.842. The number of carbonyl (C=O) groups is 2. The van der Waals surface area contributed by atoms with Crippen molar-refractivity contribution in [2.75, 3.05) is 29.5 Å². The maximum Gasteiger partial charge on any atom is 0.300 e. The van der Waals surface area contributed by atoms with Crippen LogP contribution in [0.4, 0.5) is 11.4 Å². The van der Waals surface area contributed by atoms with Crippen LogP contribution in [0.15, 0.2) is 66.2 Å². The number of rotatable bonds is 8. The van der Waals surface area contributed by atoms with Gasteiger partial charge in [-0.2, -0.15) is 0 Å². The average Bonchev–Trinajstić information content (AvgIpc) is 3.15. The highest BCUT2D eigenvalue weighted by atomic mass is 16.5. The minimum atomic E-state index is -0.770. The number of aliphatic hydroxyl groups excluding tert-OH is 1. The van der Waals surface area contributed by atoms with Gasteiger partial charge in [0.25, 0.3) is 11.7 Å². The second-order valence-corrected chi connectivity index (χ2v) is 9.69. The van der Waals surface area contributed by atoms with E-state index >= 15 is 0 Å². The lowest BCUT2D eigenvalue weighted by Gasteiger charge is -2.27. The van der Waals surface area contributed by atoms with Gasteiger partial charge in [0.05, 0.1) is 18.2 Å². The van der Waals surface area contributed by atoms with E-state index in [1.54, 1.807) is 18.2 Å². The van der Waals surface area contributed by atoms with E-state index in [0.29, 0.717) is 23.6 Å². The Labute approximate surface area is 225 Å². The van der Waals surface area contributed by atoms with Gasteiger partial charge in [0.1, 0.15) is 11.5 Å². The number of nitrogens with zero attached hydrogens (tertiary/aromatic N) is 2. The van der Waals surface area contributed by atoms with Crippen molar-refractivity contribution in [3.8, 4) is 5.75 Å². The van der Waals surface area contributed by atoms with Gasteiger partial charge in [0.15, 0.2) is 0 Å². The van der Waals surface area contributed by atoms with E-state index in [1.807, 2.05) is 70.2 Å². The van der Waals surface area contributed by atoms with Crippen LogP contribution in [0.5, 0.6) is 5.75 Å². The lowest BCUT2D eigenvalue weighted by molar-refractivity contribution is -0.132. The topological polar surface area (TPSA) is 70.1 Å². The smallest absolute Gasteiger partial charge is 0.300 e. The summed E-state index contributed by atoms with van der Waals surface area (Å²) in [5.41, 5.74) is 5.79. The fraction of sp³-hybridized carbons (Fsp3) is 0.312. The van der Waals surface area contributed by atoms with Gasteiger partial charge in [-0.05, 0) is 106 Å². The molecular weight excluding hydrogens is 476 g/mol. The molecule has 0 aromatic heterocycles. The molecule has 1 amide bonds. The van der Waals surface area contributed by atoms with E-state index in [-0.39, 0.29) is 11.3 Å². The highest BCUT2D eigenvalue weighted by Gasteiger charge is 2.47. The van der Waals surface area contributed by atoms with Gasteiger partial charge >= 0.3 is 0 Å². The summed E-state index contributed by atoms with van der Waals surface area (Å²) in [6, 6.07) is 18.2. The first-order valence-corrected chi connectivity index (χ1v) is 13.2. The number of ketones is 1. The lowest BCUT2D eigenvalue weighted by Crippen LogP contribution is -2.29. The Morgan fingerprint density at radius 3 is 2.08 bits per heavy atom. The van der Waals surface area contributed by atoms with Gasteiger partial charge in [-0.25, -0.2) is 0 Å². The Kier molecular flexibility index (Phi) is 7.91. The van der Waals surface area contributed by atoms with E-state index in [2.05, 4.69) is 18.7 Å². The molecule has 4 rings (SSSR count). The number of ether oxygens (including phenoxy) is 1. The first kappa shape index (κ1) is 27.0. The molecule has 198 valence electrons. The molecule has 38 heavy (non-hydrogen) atoms. The third-order valence-electron chi connectivity index (χ3n) is 7.01. The van der Waals surface area contributed by atoms with Crippen molar-refractivity contribution in [3.05, 3.63) is 94.1 Å². The Bertz CT molecular complexity index is 1370. The molecule has 0 bridgehead atoms. The van der Waals surface area contributed by atoms with Crippen LogP contribution in [0.1, 0.15) is 54.6 Å². The molecule has 1 aliphatic rings. The van der Waals surface area contributed by atoms with Gasteiger partial charge in [-0.3, -0.25) is 14.5 Å². The largest absolute Gasteiger partial charge is 0.507 e. The summed E-state index contributed by atoms with van der Waals surface area (Å²) in [6.45, 7) is 14.2. The molecule has 3 aromatic rings. The van der Waals surface area contributed by atoms with Crippen LogP contribution >= 0.6 is 0 Å². The molecule has 0 saturated carbocycles. The fourth-order valence-corrected chi connectivity index (χ4v) is 5.23. The Morgan fingerprint density at radius 2 is 1.53 bits per heavy atom. The maximum absolute atomic E-state index is 13.5. The molecule has 1 N–H and O–H groups in total.